The summed E-state index contributed by atoms with van der Waals surface area (Å²) in [5, 5.41) is 3.67. The minimum atomic E-state index is -4.41. The van der Waals surface area contributed by atoms with E-state index in [-0.39, 0.29) is 5.56 Å². The lowest BCUT2D eigenvalue weighted by Gasteiger charge is -2.25. The molecule has 0 saturated carbocycles. The summed E-state index contributed by atoms with van der Waals surface area (Å²) in [6, 6.07) is 5.75. The molecule has 0 amide bonds. The Morgan fingerprint density at radius 1 is 1.29 bits per heavy atom. The topological polar surface area (TPSA) is 48.8 Å². The average Bonchev–Trinajstić information content (AvgIpc) is 2.15. The Labute approximate surface area is 101 Å². The maximum atomic E-state index is 12.4. The van der Waals surface area contributed by atoms with Crippen molar-refractivity contribution < 1.29 is 13.2 Å². The van der Waals surface area contributed by atoms with Crippen LogP contribution in [0.15, 0.2) is 29.4 Å². The smallest absolute Gasteiger partial charge is 0.171 e. The number of azide groups is 1. The van der Waals surface area contributed by atoms with Crippen LogP contribution in [0, 0.1) is 0 Å². The van der Waals surface area contributed by atoms with Crippen LogP contribution >= 0.6 is 11.6 Å². The molecule has 0 radical (unpaired) electrons. The van der Waals surface area contributed by atoms with Gasteiger partial charge in [-0.3, -0.25) is 0 Å². The first-order valence-corrected chi connectivity index (χ1v) is 5.04. The fourth-order valence-corrected chi connectivity index (χ4v) is 1.62. The lowest BCUT2D eigenvalue weighted by molar-refractivity contribution is -0.146. The van der Waals surface area contributed by atoms with Crippen LogP contribution in [0.25, 0.3) is 10.4 Å². The third-order valence-corrected chi connectivity index (χ3v) is 2.53. The molecule has 0 aliphatic heterocycles. The summed E-state index contributed by atoms with van der Waals surface area (Å²) in [6.45, 7) is 1.24. The van der Waals surface area contributed by atoms with E-state index in [9.17, 15) is 13.2 Å². The molecule has 1 aromatic carbocycles. The highest BCUT2D eigenvalue weighted by atomic mass is 35.5. The molecule has 0 aliphatic carbocycles. The van der Waals surface area contributed by atoms with Crippen molar-refractivity contribution in [2.75, 3.05) is 0 Å². The van der Waals surface area contributed by atoms with Crippen LogP contribution in [0.2, 0.25) is 5.02 Å². The molecule has 0 fully saturated rings. The maximum absolute atomic E-state index is 12.4. The standard InChI is InChI=1S/C10H9ClF3N3/c1-9(16-17-15,6-10(12,13)14)7-2-4-8(11)5-3-7/h2-5H,6H2,1H3. The lowest BCUT2D eigenvalue weighted by atomic mass is 9.89. The van der Waals surface area contributed by atoms with Crippen molar-refractivity contribution >= 4 is 11.6 Å². The fraction of sp³-hybridized carbons (Fsp3) is 0.400. The number of benzene rings is 1. The van der Waals surface area contributed by atoms with E-state index in [2.05, 4.69) is 10.0 Å². The van der Waals surface area contributed by atoms with Gasteiger partial charge in [0.2, 0.25) is 0 Å². The SMILES string of the molecule is CC(CC(F)(F)F)(N=[N+]=[N-])c1ccc(Cl)cc1. The van der Waals surface area contributed by atoms with Gasteiger partial charge in [0.1, 0.15) is 0 Å². The number of hydrogen-bond acceptors (Lipinski definition) is 1. The second-order valence-corrected chi connectivity index (χ2v) is 4.20. The highest BCUT2D eigenvalue weighted by Gasteiger charge is 2.40. The van der Waals surface area contributed by atoms with E-state index in [1.807, 2.05) is 0 Å². The van der Waals surface area contributed by atoms with Crippen LogP contribution in [0.4, 0.5) is 13.2 Å². The molecule has 0 aliphatic rings. The quantitative estimate of drug-likeness (QED) is 0.426. The van der Waals surface area contributed by atoms with Gasteiger partial charge in [-0.1, -0.05) is 28.8 Å². The van der Waals surface area contributed by atoms with Gasteiger partial charge >= 0.3 is 6.18 Å². The predicted molar refractivity (Wildman–Crippen MR) is 58.6 cm³/mol. The summed E-state index contributed by atoms with van der Waals surface area (Å²) in [4.78, 5) is 2.48. The van der Waals surface area contributed by atoms with E-state index in [1.54, 1.807) is 0 Å². The minimum Gasteiger partial charge on any atom is -0.171 e. The van der Waals surface area contributed by atoms with Crippen LogP contribution in [0.3, 0.4) is 0 Å². The maximum Gasteiger partial charge on any atom is 0.390 e. The van der Waals surface area contributed by atoms with E-state index in [1.165, 1.54) is 31.2 Å². The van der Waals surface area contributed by atoms with Crippen molar-refractivity contribution in [2.24, 2.45) is 5.11 Å². The summed E-state index contributed by atoms with van der Waals surface area (Å²) in [6.07, 6.45) is -5.63. The van der Waals surface area contributed by atoms with Crippen LogP contribution in [0.1, 0.15) is 18.9 Å². The van der Waals surface area contributed by atoms with Crippen molar-refractivity contribution in [3.8, 4) is 0 Å². The lowest BCUT2D eigenvalue weighted by Crippen LogP contribution is -2.27. The Kier molecular flexibility index (Phi) is 3.91. The molecule has 0 aromatic heterocycles. The first-order valence-electron chi connectivity index (χ1n) is 4.66. The first kappa shape index (κ1) is 13.7. The summed E-state index contributed by atoms with van der Waals surface area (Å²) >= 11 is 5.65. The second kappa shape index (κ2) is 4.85. The Balaban J connectivity index is 3.15. The fourth-order valence-electron chi connectivity index (χ4n) is 1.49. The molecule has 1 aromatic rings. The number of nitrogens with zero attached hydrogens (tertiary/aromatic N) is 3. The number of rotatable bonds is 3. The summed E-state index contributed by atoms with van der Waals surface area (Å²) in [5.41, 5.74) is 7.00. The van der Waals surface area contributed by atoms with Crippen LogP contribution in [0.5, 0.6) is 0 Å². The molecule has 0 N–H and O–H groups in total. The molecule has 7 heteroatoms. The van der Waals surface area contributed by atoms with E-state index >= 15 is 0 Å². The number of alkyl halides is 3. The largest absolute Gasteiger partial charge is 0.390 e. The van der Waals surface area contributed by atoms with Crippen molar-refractivity contribution in [3.05, 3.63) is 45.3 Å². The van der Waals surface area contributed by atoms with Gasteiger partial charge in [0.05, 0.1) is 12.0 Å². The Morgan fingerprint density at radius 2 is 1.82 bits per heavy atom. The molecule has 0 heterocycles. The van der Waals surface area contributed by atoms with Crippen molar-refractivity contribution in [1.82, 2.24) is 0 Å². The Morgan fingerprint density at radius 3 is 2.24 bits per heavy atom. The molecule has 0 saturated heterocycles. The van der Waals surface area contributed by atoms with Gasteiger partial charge in [0, 0.05) is 9.93 Å². The van der Waals surface area contributed by atoms with Gasteiger partial charge in [0.25, 0.3) is 0 Å². The molecule has 17 heavy (non-hydrogen) atoms. The van der Waals surface area contributed by atoms with Crippen LogP contribution in [-0.2, 0) is 5.54 Å². The molecule has 1 rings (SSSR count). The number of halogens is 4. The minimum absolute atomic E-state index is 0.275. The van der Waals surface area contributed by atoms with Gasteiger partial charge in [0.15, 0.2) is 0 Å². The zero-order valence-electron chi connectivity index (χ0n) is 8.87. The molecular weight excluding hydrogens is 255 g/mol. The van der Waals surface area contributed by atoms with Gasteiger partial charge in [-0.25, -0.2) is 0 Å². The van der Waals surface area contributed by atoms with Crippen LogP contribution in [-0.4, -0.2) is 6.18 Å². The normalized spacial score (nSPS) is 14.9. The first-order chi connectivity index (χ1) is 7.77. The second-order valence-electron chi connectivity index (χ2n) is 3.76. The summed E-state index contributed by atoms with van der Waals surface area (Å²) in [5.74, 6) is 0. The number of hydrogen-bond donors (Lipinski definition) is 0. The zero-order chi connectivity index (χ0) is 13.1. The molecule has 1 unspecified atom stereocenters. The van der Waals surface area contributed by atoms with E-state index in [0.29, 0.717) is 5.02 Å². The summed E-state index contributed by atoms with van der Waals surface area (Å²) in [7, 11) is 0. The molecule has 92 valence electrons. The molecule has 0 bridgehead atoms. The van der Waals surface area contributed by atoms with Gasteiger partial charge in [-0.2, -0.15) is 13.2 Å². The monoisotopic (exact) mass is 263 g/mol. The highest BCUT2D eigenvalue weighted by molar-refractivity contribution is 6.30. The Hall–Kier alpha value is -1.39. The average molecular weight is 264 g/mol. The highest BCUT2D eigenvalue weighted by Crippen LogP contribution is 2.38. The zero-order valence-corrected chi connectivity index (χ0v) is 9.63. The van der Waals surface area contributed by atoms with Gasteiger partial charge in [-0.15, -0.1) is 0 Å². The van der Waals surface area contributed by atoms with E-state index in [4.69, 9.17) is 17.1 Å². The molecular formula is C10H9ClF3N3. The third-order valence-electron chi connectivity index (χ3n) is 2.28. The van der Waals surface area contributed by atoms with E-state index < -0.39 is 18.1 Å². The van der Waals surface area contributed by atoms with Crippen molar-refractivity contribution in [2.45, 2.75) is 25.1 Å². The summed E-state index contributed by atoms with van der Waals surface area (Å²) < 4.78 is 37.3. The van der Waals surface area contributed by atoms with Gasteiger partial charge in [-0.05, 0) is 30.2 Å². The van der Waals surface area contributed by atoms with Crippen LogP contribution < -0.4 is 0 Å². The van der Waals surface area contributed by atoms with Crippen molar-refractivity contribution in [3.63, 3.8) is 0 Å². The van der Waals surface area contributed by atoms with Crippen molar-refractivity contribution in [1.29, 1.82) is 0 Å². The van der Waals surface area contributed by atoms with Gasteiger partial charge < -0.3 is 0 Å². The van der Waals surface area contributed by atoms with E-state index in [0.717, 1.165) is 0 Å². The molecule has 0 spiro atoms. The molecule has 3 nitrogen and oxygen atoms in total. The predicted octanol–water partition coefficient (Wildman–Crippen LogP) is 4.82. The third kappa shape index (κ3) is 3.84. The molecule has 1 atom stereocenters. The Bertz CT molecular complexity index is 437.